The van der Waals surface area contributed by atoms with Crippen LogP contribution in [0.2, 0.25) is 0 Å². The van der Waals surface area contributed by atoms with Gasteiger partial charge in [0.05, 0.1) is 28.6 Å². The number of nitrogens with one attached hydrogen (secondary N) is 1. The molecule has 0 radical (unpaired) electrons. The van der Waals surface area contributed by atoms with Gasteiger partial charge in [-0.2, -0.15) is 5.26 Å². The number of amides is 1. The van der Waals surface area contributed by atoms with E-state index >= 15 is 0 Å². The van der Waals surface area contributed by atoms with Crippen molar-refractivity contribution in [2.75, 3.05) is 18.0 Å². The van der Waals surface area contributed by atoms with Crippen molar-refractivity contribution in [1.29, 1.82) is 5.26 Å². The predicted molar refractivity (Wildman–Crippen MR) is 137 cm³/mol. The van der Waals surface area contributed by atoms with Gasteiger partial charge in [-0.1, -0.05) is 32.0 Å². The molecule has 1 aliphatic rings. The van der Waals surface area contributed by atoms with Gasteiger partial charge >= 0.3 is 5.97 Å². The first-order chi connectivity index (χ1) is 17.2. The van der Waals surface area contributed by atoms with E-state index in [-0.39, 0.29) is 33.6 Å². The number of carboxylic acids is 1. The SMILES string of the molecule is CC(C)[C@H](NC(=O)c1cc2nc(N3CCC[C@@H](N)C3)n(Cc3ccccc3C#N)c(=O)c2s1)C(=O)O. The summed E-state index contributed by atoms with van der Waals surface area (Å²) in [5.74, 6) is -1.57. The Bertz CT molecular complexity index is 1410. The second-order valence-corrected chi connectivity index (χ2v) is 10.3. The standard InChI is InChI=1S/C25H28N6O4S/c1-14(2)20(24(34)35)29-22(32)19-10-18-21(36-19)23(33)31(12-16-7-4-3-6-15(16)11-26)25(28-18)30-9-5-8-17(27)13-30/h3-4,6-7,10,14,17,20H,5,8-9,12-13,27H2,1-2H3,(H,29,32)(H,34,35)/t17-,20+/m1/s1. The van der Waals surface area contributed by atoms with Gasteiger partial charge in [0, 0.05) is 19.1 Å². The molecule has 10 nitrogen and oxygen atoms in total. The predicted octanol–water partition coefficient (Wildman–Crippen LogP) is 2.14. The maximum atomic E-state index is 13.7. The molecular formula is C25H28N6O4S. The van der Waals surface area contributed by atoms with Gasteiger partial charge in [0.2, 0.25) is 5.95 Å². The number of anilines is 1. The molecule has 1 fully saturated rings. The van der Waals surface area contributed by atoms with Crippen molar-refractivity contribution in [2.24, 2.45) is 11.7 Å². The summed E-state index contributed by atoms with van der Waals surface area (Å²) in [4.78, 5) is 45.1. The Balaban J connectivity index is 1.80. The molecule has 0 aliphatic carbocycles. The van der Waals surface area contributed by atoms with Crippen LogP contribution in [0.25, 0.3) is 10.2 Å². The summed E-state index contributed by atoms with van der Waals surface area (Å²) < 4.78 is 1.82. The minimum Gasteiger partial charge on any atom is -0.480 e. The van der Waals surface area contributed by atoms with Crippen LogP contribution in [0, 0.1) is 17.2 Å². The molecule has 1 aliphatic heterocycles. The number of carbonyl (C=O) groups is 2. The lowest BCUT2D eigenvalue weighted by Crippen LogP contribution is -2.45. The van der Waals surface area contributed by atoms with Gasteiger partial charge in [0.25, 0.3) is 11.5 Å². The van der Waals surface area contributed by atoms with Crippen LogP contribution in [0.1, 0.15) is 47.5 Å². The molecular weight excluding hydrogens is 480 g/mol. The van der Waals surface area contributed by atoms with Crippen molar-refractivity contribution < 1.29 is 14.7 Å². The number of hydrogen-bond acceptors (Lipinski definition) is 8. The van der Waals surface area contributed by atoms with E-state index in [0.717, 1.165) is 24.2 Å². The molecule has 1 saturated heterocycles. The van der Waals surface area contributed by atoms with Crippen molar-refractivity contribution in [2.45, 2.75) is 45.3 Å². The van der Waals surface area contributed by atoms with Crippen LogP contribution in [-0.2, 0) is 11.3 Å². The lowest BCUT2D eigenvalue weighted by atomic mass is 10.0. The number of aliphatic carboxylic acids is 1. The quantitative estimate of drug-likeness (QED) is 0.439. The fourth-order valence-corrected chi connectivity index (χ4v) is 5.30. The van der Waals surface area contributed by atoms with Crippen molar-refractivity contribution in [3.63, 3.8) is 0 Å². The highest BCUT2D eigenvalue weighted by atomic mass is 32.1. The number of hydrogen-bond donors (Lipinski definition) is 3. The van der Waals surface area contributed by atoms with Crippen LogP contribution in [0.15, 0.2) is 35.1 Å². The maximum absolute atomic E-state index is 13.7. The number of aromatic nitrogens is 2. The van der Waals surface area contributed by atoms with Crippen LogP contribution < -0.4 is 21.5 Å². The molecule has 11 heteroatoms. The van der Waals surface area contributed by atoms with E-state index < -0.39 is 17.9 Å². The summed E-state index contributed by atoms with van der Waals surface area (Å²) in [5, 5.41) is 21.5. The number of fused-ring (bicyclic) bond motifs is 1. The lowest BCUT2D eigenvalue weighted by molar-refractivity contribution is -0.140. The highest BCUT2D eigenvalue weighted by molar-refractivity contribution is 7.20. The first-order valence-electron chi connectivity index (χ1n) is 11.8. The Kier molecular flexibility index (Phi) is 7.37. The molecule has 0 saturated carbocycles. The summed E-state index contributed by atoms with van der Waals surface area (Å²) in [5.41, 5.74) is 7.38. The summed E-state index contributed by atoms with van der Waals surface area (Å²) in [6.45, 7) is 4.76. The number of benzene rings is 1. The molecule has 2 aromatic heterocycles. The third kappa shape index (κ3) is 5.10. The number of thiophene rings is 1. The molecule has 1 amide bonds. The van der Waals surface area contributed by atoms with Gasteiger partial charge in [-0.15, -0.1) is 11.3 Å². The van der Waals surface area contributed by atoms with Gasteiger partial charge in [-0.3, -0.25) is 14.2 Å². The van der Waals surface area contributed by atoms with E-state index in [1.165, 1.54) is 10.6 Å². The molecule has 36 heavy (non-hydrogen) atoms. The Morgan fingerprint density at radius 2 is 2.11 bits per heavy atom. The van der Waals surface area contributed by atoms with E-state index in [1.807, 2.05) is 11.0 Å². The molecule has 0 unspecified atom stereocenters. The zero-order chi connectivity index (χ0) is 26.0. The summed E-state index contributed by atoms with van der Waals surface area (Å²) in [6, 6.07) is 9.65. The number of carboxylic acid groups (broad SMARTS) is 1. The third-order valence-corrected chi connectivity index (χ3v) is 7.37. The van der Waals surface area contributed by atoms with Gasteiger partial charge < -0.3 is 21.1 Å². The lowest BCUT2D eigenvalue weighted by Gasteiger charge is -2.33. The Morgan fingerprint density at radius 3 is 2.78 bits per heavy atom. The van der Waals surface area contributed by atoms with E-state index in [1.54, 1.807) is 32.0 Å². The number of nitrogens with two attached hydrogens (primary N) is 1. The third-order valence-electron chi connectivity index (χ3n) is 6.26. The van der Waals surface area contributed by atoms with Gasteiger partial charge in [-0.05, 0) is 36.5 Å². The molecule has 0 spiro atoms. The van der Waals surface area contributed by atoms with Crippen LogP contribution in [0.3, 0.4) is 0 Å². The molecule has 3 heterocycles. The number of nitrogens with zero attached hydrogens (tertiary/aromatic N) is 4. The Morgan fingerprint density at radius 1 is 1.36 bits per heavy atom. The Hall–Kier alpha value is -3.75. The van der Waals surface area contributed by atoms with Crippen LogP contribution in [0.4, 0.5) is 5.95 Å². The van der Waals surface area contributed by atoms with E-state index in [2.05, 4.69) is 11.4 Å². The number of piperidine rings is 1. The smallest absolute Gasteiger partial charge is 0.326 e. The number of carbonyl (C=O) groups excluding carboxylic acids is 1. The van der Waals surface area contributed by atoms with E-state index in [9.17, 15) is 24.8 Å². The minimum absolute atomic E-state index is 0.0565. The molecule has 3 aromatic rings. The zero-order valence-corrected chi connectivity index (χ0v) is 20.9. The molecule has 4 rings (SSSR count). The largest absolute Gasteiger partial charge is 0.480 e. The average Bonchev–Trinajstić information content (AvgIpc) is 3.28. The van der Waals surface area contributed by atoms with Crippen LogP contribution in [-0.4, -0.2) is 51.7 Å². The van der Waals surface area contributed by atoms with Crippen LogP contribution >= 0.6 is 11.3 Å². The first-order valence-corrected chi connectivity index (χ1v) is 12.6. The monoisotopic (exact) mass is 508 g/mol. The van der Waals surface area contributed by atoms with E-state index in [4.69, 9.17) is 10.7 Å². The van der Waals surface area contributed by atoms with Crippen molar-refractivity contribution in [3.05, 3.63) is 56.7 Å². The molecule has 188 valence electrons. The molecule has 4 N–H and O–H groups in total. The van der Waals surface area contributed by atoms with E-state index in [0.29, 0.717) is 35.7 Å². The number of nitriles is 1. The molecule has 0 bridgehead atoms. The van der Waals surface area contributed by atoms with Crippen molar-refractivity contribution in [3.8, 4) is 6.07 Å². The summed E-state index contributed by atoms with van der Waals surface area (Å²) in [6.07, 6.45) is 1.73. The second kappa shape index (κ2) is 10.5. The zero-order valence-electron chi connectivity index (χ0n) is 20.1. The highest BCUT2D eigenvalue weighted by Crippen LogP contribution is 2.26. The summed E-state index contributed by atoms with van der Waals surface area (Å²) >= 11 is 0.979. The topological polar surface area (TPSA) is 154 Å². The highest BCUT2D eigenvalue weighted by Gasteiger charge is 2.27. The fraction of sp³-hybridized carbons (Fsp3) is 0.400. The van der Waals surface area contributed by atoms with Crippen molar-refractivity contribution >= 4 is 39.4 Å². The fourth-order valence-electron chi connectivity index (χ4n) is 4.35. The maximum Gasteiger partial charge on any atom is 0.326 e. The number of rotatable bonds is 7. The second-order valence-electron chi connectivity index (χ2n) is 9.28. The summed E-state index contributed by atoms with van der Waals surface area (Å²) in [7, 11) is 0. The molecule has 2 atom stereocenters. The van der Waals surface area contributed by atoms with Gasteiger partial charge in [0.15, 0.2) is 0 Å². The minimum atomic E-state index is -1.13. The van der Waals surface area contributed by atoms with Crippen molar-refractivity contribution in [1.82, 2.24) is 14.9 Å². The molecule has 1 aromatic carbocycles. The van der Waals surface area contributed by atoms with Crippen LogP contribution in [0.5, 0.6) is 0 Å². The van der Waals surface area contributed by atoms with Gasteiger partial charge in [-0.25, -0.2) is 9.78 Å². The Labute approximate surface area is 212 Å². The first kappa shape index (κ1) is 25.3. The van der Waals surface area contributed by atoms with Gasteiger partial charge in [0.1, 0.15) is 10.7 Å². The normalized spacial score (nSPS) is 16.6. The average molecular weight is 509 g/mol.